The molecule has 0 spiro atoms. The van der Waals surface area contributed by atoms with Crippen molar-refractivity contribution in [2.75, 3.05) is 0 Å². The van der Waals surface area contributed by atoms with Crippen LogP contribution in [0.2, 0.25) is 0 Å². The molecular formula is C40H30Li2Si. The first-order valence-electron chi connectivity index (χ1n) is 15.5. The minimum atomic E-state index is -2.88. The van der Waals surface area contributed by atoms with E-state index in [9.17, 15) is 0 Å². The van der Waals surface area contributed by atoms with Crippen molar-refractivity contribution >= 4 is 72.7 Å². The van der Waals surface area contributed by atoms with Gasteiger partial charge in [0.2, 0.25) is 0 Å². The topological polar surface area (TPSA) is 0 Å². The van der Waals surface area contributed by atoms with Crippen molar-refractivity contribution < 1.29 is 0 Å². The van der Waals surface area contributed by atoms with Gasteiger partial charge in [0.05, 0.1) is 0 Å². The number of fused-ring (bicyclic) bond motifs is 6. The quantitative estimate of drug-likeness (QED) is 0.219. The van der Waals surface area contributed by atoms with Crippen molar-refractivity contribution in [3.05, 3.63) is 178 Å². The van der Waals surface area contributed by atoms with E-state index in [1.807, 2.05) is 0 Å². The number of benzene rings is 4. The van der Waals surface area contributed by atoms with Gasteiger partial charge in [0.25, 0.3) is 0 Å². The van der Waals surface area contributed by atoms with Crippen molar-refractivity contribution in [1.29, 1.82) is 0 Å². The van der Waals surface area contributed by atoms with Crippen LogP contribution in [0.1, 0.15) is 45.2 Å². The molecule has 0 radical (unpaired) electrons. The van der Waals surface area contributed by atoms with Gasteiger partial charge < -0.3 is 0 Å². The van der Waals surface area contributed by atoms with E-state index in [1.165, 1.54) is 63.4 Å². The zero-order valence-electron chi connectivity index (χ0n) is 25.4. The van der Waals surface area contributed by atoms with Crippen LogP contribution in [-0.2, 0) is 0 Å². The summed E-state index contributed by atoms with van der Waals surface area (Å²) in [6.45, 7) is 4.73. The fourth-order valence-electron chi connectivity index (χ4n) is 8.62. The molecule has 8 rings (SSSR count). The monoisotopic (exact) mass is 552 g/mol. The molecule has 43 heavy (non-hydrogen) atoms. The summed E-state index contributed by atoms with van der Waals surface area (Å²) in [5.74, 6) is 0.643. The van der Waals surface area contributed by atoms with Crippen LogP contribution in [0.5, 0.6) is 0 Å². The van der Waals surface area contributed by atoms with Gasteiger partial charge in [-0.2, -0.15) is 0 Å². The van der Waals surface area contributed by atoms with Crippen molar-refractivity contribution in [3.8, 4) is 0 Å². The van der Waals surface area contributed by atoms with Gasteiger partial charge in [-0.15, -0.1) is 0 Å². The van der Waals surface area contributed by atoms with E-state index >= 15 is 0 Å². The van der Waals surface area contributed by atoms with E-state index in [4.69, 9.17) is 0 Å². The molecule has 0 bridgehead atoms. The zero-order chi connectivity index (χ0) is 29.3. The maximum atomic E-state index is 2.42. The normalized spacial score (nSPS) is 19.6. The Kier molecular flexibility index (Phi) is 6.62. The Labute approximate surface area is 274 Å². The third-order valence-electron chi connectivity index (χ3n) is 10.4. The fourth-order valence-corrected chi connectivity index (χ4v) is 14.5. The molecule has 0 amide bonds. The first kappa shape index (κ1) is 27.3. The molecular weight excluding hydrogens is 522 g/mol. The molecule has 4 aliphatic rings. The number of allylic oxidation sites excluding steroid dienone is 10. The molecule has 0 nitrogen and oxygen atoms in total. The molecule has 0 N–H and O–H groups in total. The standard InChI is InChI=1S/C40H30Si.2Li/c1-27-21-23-35-33-19-11-9-13-29(33)25-37(35)39(27)41(31-15-5-3-6-16-31,32-17-7-4-8-18-32)40-28(2)22-24-36-34-20-12-10-14-30(34)26-38(36)40;;/h3-24,33-34H,1-2H3;;. The second kappa shape index (κ2) is 10.4. The number of aryl methyl sites for hydroxylation is 2. The van der Waals surface area contributed by atoms with Gasteiger partial charge in [-0.3, -0.25) is 0 Å². The Hall–Kier alpha value is -3.27. The molecule has 0 aliphatic heterocycles. The number of rotatable bonds is 4. The first-order chi connectivity index (χ1) is 21.0. The molecule has 4 aromatic carbocycles. The predicted molar refractivity (Wildman–Crippen MR) is 187 cm³/mol. The molecule has 4 aliphatic carbocycles. The van der Waals surface area contributed by atoms with Crippen LogP contribution in [0.25, 0.3) is 8.49 Å². The summed E-state index contributed by atoms with van der Waals surface area (Å²) in [6, 6.07) is 32.7. The Balaban J connectivity index is 1.61. The van der Waals surface area contributed by atoms with Crippen molar-refractivity contribution in [3.63, 3.8) is 0 Å². The molecule has 2 atom stereocenters. The first-order valence-corrected chi connectivity index (χ1v) is 17.5. The van der Waals surface area contributed by atoms with Gasteiger partial charge in [-0.1, -0.05) is 0 Å². The Morgan fingerprint density at radius 2 is 0.930 bits per heavy atom. The SMILES string of the molecule is [Li][C]1=C2C=CC=CC2c2ccc(C)c([Si](c3ccccc3)(c3ccccc3)c3c(C)ccc4c3[C]([Li])=C3C=CC=CC34)c21. The van der Waals surface area contributed by atoms with E-state index in [0.29, 0.717) is 11.8 Å². The van der Waals surface area contributed by atoms with Gasteiger partial charge in [0, 0.05) is 0 Å². The van der Waals surface area contributed by atoms with Crippen molar-refractivity contribution in [2.45, 2.75) is 25.7 Å². The molecule has 0 saturated heterocycles. The van der Waals surface area contributed by atoms with E-state index in [0.717, 1.165) is 0 Å². The molecule has 3 heteroatoms. The third kappa shape index (κ3) is 3.84. The molecule has 0 fully saturated rings. The Bertz CT molecular complexity index is 1860. The molecule has 0 aromatic heterocycles. The van der Waals surface area contributed by atoms with Crippen LogP contribution in [0.4, 0.5) is 0 Å². The average Bonchev–Trinajstić information content (AvgIpc) is 3.51. The Morgan fingerprint density at radius 1 is 0.512 bits per heavy atom. The second-order valence-electron chi connectivity index (χ2n) is 12.5. The summed E-state index contributed by atoms with van der Waals surface area (Å²) in [5, 5.41) is 6.01. The summed E-state index contributed by atoms with van der Waals surface area (Å²) in [6.07, 6.45) is 18.3. The summed E-state index contributed by atoms with van der Waals surface area (Å²) in [4.78, 5) is 0. The third-order valence-corrected chi connectivity index (χ3v) is 15.6. The number of hydrogen-bond donors (Lipinski definition) is 0. The van der Waals surface area contributed by atoms with E-state index in [2.05, 4.69) is 183 Å². The summed E-state index contributed by atoms with van der Waals surface area (Å²) >= 11 is 4.74. The second-order valence-corrected chi connectivity index (χ2v) is 16.2. The molecule has 196 valence electrons. The summed E-state index contributed by atoms with van der Waals surface area (Å²) < 4.78 is 2.87. The van der Waals surface area contributed by atoms with Gasteiger partial charge in [0.15, 0.2) is 0 Å². The Morgan fingerprint density at radius 3 is 1.35 bits per heavy atom. The van der Waals surface area contributed by atoms with E-state index < -0.39 is 8.07 Å². The van der Waals surface area contributed by atoms with Crippen molar-refractivity contribution in [2.24, 2.45) is 0 Å². The van der Waals surface area contributed by atoms with Crippen LogP contribution in [-0.4, -0.2) is 43.5 Å². The van der Waals surface area contributed by atoms with Gasteiger partial charge >= 0.3 is 276 Å². The summed E-state index contributed by atoms with van der Waals surface area (Å²) in [5.41, 5.74) is 11.5. The van der Waals surface area contributed by atoms with Crippen LogP contribution < -0.4 is 20.7 Å². The van der Waals surface area contributed by atoms with Crippen LogP contribution >= 0.6 is 0 Å². The van der Waals surface area contributed by atoms with Crippen LogP contribution in [0.15, 0.2) is 145 Å². The number of hydrogen-bond acceptors (Lipinski definition) is 0. The average molecular weight is 553 g/mol. The van der Waals surface area contributed by atoms with E-state index in [1.54, 1.807) is 10.4 Å². The molecule has 0 saturated carbocycles. The zero-order valence-corrected chi connectivity index (χ0v) is 26.4. The fraction of sp³-hybridized carbons (Fsp3) is 0.100. The van der Waals surface area contributed by atoms with Gasteiger partial charge in [-0.25, -0.2) is 0 Å². The summed E-state index contributed by atoms with van der Waals surface area (Å²) in [7, 11) is -2.88. The molecule has 0 heterocycles. The van der Waals surface area contributed by atoms with Gasteiger partial charge in [0.1, 0.15) is 0 Å². The molecule has 2 unspecified atom stereocenters. The minimum absolute atomic E-state index is 0.321. The maximum absolute atomic E-state index is 2.88. The van der Waals surface area contributed by atoms with Crippen molar-refractivity contribution in [1.82, 2.24) is 0 Å². The van der Waals surface area contributed by atoms with E-state index in [-0.39, 0.29) is 0 Å². The molecule has 4 aromatic rings. The van der Waals surface area contributed by atoms with Gasteiger partial charge in [-0.05, 0) is 0 Å². The predicted octanol–water partition coefficient (Wildman–Crippen LogP) is 5.89. The van der Waals surface area contributed by atoms with Crippen LogP contribution in [0, 0.1) is 13.8 Å². The van der Waals surface area contributed by atoms with Crippen LogP contribution in [0.3, 0.4) is 0 Å².